The van der Waals surface area contributed by atoms with E-state index in [9.17, 15) is 4.79 Å². The SMILES string of the molecule is NC1CCCC1CNc1cc2n[nH]c(=O)n2cn1. The summed E-state index contributed by atoms with van der Waals surface area (Å²) in [6, 6.07) is 2.03. The van der Waals surface area contributed by atoms with Gasteiger partial charge < -0.3 is 11.1 Å². The number of nitrogens with zero attached hydrogens (tertiary/aromatic N) is 3. The highest BCUT2D eigenvalue weighted by Crippen LogP contribution is 2.24. The van der Waals surface area contributed by atoms with E-state index in [1.807, 2.05) is 0 Å². The number of rotatable bonds is 3. The molecule has 2 aromatic rings. The van der Waals surface area contributed by atoms with Crippen molar-refractivity contribution in [2.24, 2.45) is 11.7 Å². The Balaban J connectivity index is 1.72. The van der Waals surface area contributed by atoms with Gasteiger partial charge in [0.2, 0.25) is 0 Å². The molecule has 1 saturated carbocycles. The van der Waals surface area contributed by atoms with Crippen LogP contribution < -0.4 is 16.7 Å². The third kappa shape index (κ3) is 1.97. The first-order valence-electron chi connectivity index (χ1n) is 6.16. The number of H-pyrrole nitrogens is 1. The third-order valence-electron chi connectivity index (χ3n) is 3.57. The van der Waals surface area contributed by atoms with Crippen molar-refractivity contribution >= 4 is 11.5 Å². The first-order valence-corrected chi connectivity index (χ1v) is 6.16. The molecular weight excluding hydrogens is 232 g/mol. The minimum atomic E-state index is -0.276. The molecule has 1 aliphatic rings. The van der Waals surface area contributed by atoms with E-state index < -0.39 is 0 Å². The summed E-state index contributed by atoms with van der Waals surface area (Å²) in [6.45, 7) is 0.818. The molecule has 0 saturated heterocycles. The van der Waals surface area contributed by atoms with E-state index in [4.69, 9.17) is 5.73 Å². The minimum Gasteiger partial charge on any atom is -0.370 e. The smallest absolute Gasteiger partial charge is 0.348 e. The zero-order valence-corrected chi connectivity index (χ0v) is 9.97. The van der Waals surface area contributed by atoms with Crippen LogP contribution >= 0.6 is 0 Å². The highest BCUT2D eigenvalue weighted by molar-refractivity contribution is 5.48. The third-order valence-corrected chi connectivity index (χ3v) is 3.57. The number of nitrogens with one attached hydrogen (secondary N) is 2. The lowest BCUT2D eigenvalue weighted by Gasteiger charge is -2.16. The van der Waals surface area contributed by atoms with E-state index in [1.54, 1.807) is 6.07 Å². The van der Waals surface area contributed by atoms with Crippen LogP contribution in [-0.2, 0) is 0 Å². The summed E-state index contributed by atoms with van der Waals surface area (Å²) >= 11 is 0. The summed E-state index contributed by atoms with van der Waals surface area (Å²) in [5.41, 5.74) is 6.30. The quantitative estimate of drug-likeness (QED) is 0.707. The maximum Gasteiger partial charge on any atom is 0.348 e. The molecule has 0 aromatic carbocycles. The van der Waals surface area contributed by atoms with Crippen LogP contribution in [0.2, 0.25) is 0 Å². The van der Waals surface area contributed by atoms with Gasteiger partial charge in [0, 0.05) is 18.7 Å². The lowest BCUT2D eigenvalue weighted by atomic mass is 10.1. The molecule has 96 valence electrons. The number of nitrogens with two attached hydrogens (primary N) is 1. The number of aromatic nitrogens is 4. The van der Waals surface area contributed by atoms with Gasteiger partial charge in [-0.05, 0) is 18.8 Å². The Morgan fingerprint density at radius 1 is 1.56 bits per heavy atom. The summed E-state index contributed by atoms with van der Waals surface area (Å²) in [5.74, 6) is 1.23. The zero-order chi connectivity index (χ0) is 12.5. The summed E-state index contributed by atoms with van der Waals surface area (Å²) in [5, 5.41) is 9.53. The molecule has 2 atom stereocenters. The van der Waals surface area contributed by atoms with Gasteiger partial charge >= 0.3 is 5.69 Å². The Morgan fingerprint density at radius 3 is 3.22 bits per heavy atom. The van der Waals surface area contributed by atoms with E-state index in [0.29, 0.717) is 11.6 Å². The van der Waals surface area contributed by atoms with E-state index in [2.05, 4.69) is 20.5 Å². The Kier molecular flexibility index (Phi) is 2.75. The topological polar surface area (TPSA) is 101 Å². The lowest BCUT2D eigenvalue weighted by Crippen LogP contribution is -2.29. The van der Waals surface area contributed by atoms with Gasteiger partial charge in [0.05, 0.1) is 0 Å². The Hall–Kier alpha value is -1.89. The monoisotopic (exact) mass is 248 g/mol. The van der Waals surface area contributed by atoms with Crippen molar-refractivity contribution in [2.45, 2.75) is 25.3 Å². The molecule has 0 bridgehead atoms. The van der Waals surface area contributed by atoms with Gasteiger partial charge in [0.15, 0.2) is 5.65 Å². The number of aromatic amines is 1. The van der Waals surface area contributed by atoms with E-state index in [1.165, 1.54) is 17.1 Å². The Labute approximate surface area is 103 Å². The van der Waals surface area contributed by atoms with Crippen molar-refractivity contribution in [1.29, 1.82) is 0 Å². The van der Waals surface area contributed by atoms with Crippen LogP contribution in [-0.4, -0.2) is 32.2 Å². The maximum atomic E-state index is 11.3. The van der Waals surface area contributed by atoms with Crippen molar-refractivity contribution in [2.75, 3.05) is 11.9 Å². The number of fused-ring (bicyclic) bond motifs is 1. The molecule has 7 nitrogen and oxygen atoms in total. The first-order chi connectivity index (χ1) is 8.74. The Morgan fingerprint density at radius 2 is 2.44 bits per heavy atom. The fraction of sp³-hybridized carbons (Fsp3) is 0.545. The van der Waals surface area contributed by atoms with Gasteiger partial charge in [-0.2, -0.15) is 5.10 Å². The second kappa shape index (κ2) is 4.41. The van der Waals surface area contributed by atoms with Crippen molar-refractivity contribution in [3.05, 3.63) is 22.9 Å². The molecule has 1 fully saturated rings. The van der Waals surface area contributed by atoms with Gasteiger partial charge in [0.1, 0.15) is 12.1 Å². The highest BCUT2D eigenvalue weighted by atomic mass is 16.1. The van der Waals surface area contributed by atoms with Crippen molar-refractivity contribution in [3.8, 4) is 0 Å². The standard InChI is InChI=1S/C11H16N6O/c12-8-3-1-2-7(8)5-13-9-4-10-15-16-11(18)17(10)6-14-9/h4,6-8,13H,1-3,5,12H2,(H,16,18). The summed E-state index contributed by atoms with van der Waals surface area (Å²) < 4.78 is 1.37. The molecule has 3 rings (SSSR count). The normalized spacial score (nSPS) is 23.6. The first kappa shape index (κ1) is 11.2. The lowest BCUT2D eigenvalue weighted by molar-refractivity contribution is 0.504. The number of hydrogen-bond donors (Lipinski definition) is 3. The van der Waals surface area contributed by atoms with Crippen LogP contribution in [0.1, 0.15) is 19.3 Å². The van der Waals surface area contributed by atoms with Crippen molar-refractivity contribution in [3.63, 3.8) is 0 Å². The molecule has 0 radical (unpaired) electrons. The van der Waals surface area contributed by atoms with Crippen LogP contribution in [0.4, 0.5) is 5.82 Å². The molecule has 0 amide bonds. The molecule has 2 heterocycles. The van der Waals surface area contributed by atoms with Crippen LogP contribution in [0, 0.1) is 5.92 Å². The molecule has 7 heteroatoms. The number of anilines is 1. The highest BCUT2D eigenvalue weighted by Gasteiger charge is 2.23. The molecule has 1 aliphatic carbocycles. The molecule has 0 spiro atoms. The molecule has 18 heavy (non-hydrogen) atoms. The van der Waals surface area contributed by atoms with Crippen LogP contribution in [0.15, 0.2) is 17.2 Å². The average molecular weight is 248 g/mol. The van der Waals surface area contributed by atoms with Gasteiger partial charge in [-0.15, -0.1) is 0 Å². The van der Waals surface area contributed by atoms with Crippen LogP contribution in [0.25, 0.3) is 5.65 Å². The molecule has 2 unspecified atom stereocenters. The van der Waals surface area contributed by atoms with Crippen molar-refractivity contribution in [1.82, 2.24) is 19.6 Å². The van der Waals surface area contributed by atoms with E-state index in [0.717, 1.165) is 25.2 Å². The molecule has 4 N–H and O–H groups in total. The van der Waals surface area contributed by atoms with Crippen LogP contribution in [0.5, 0.6) is 0 Å². The fourth-order valence-electron chi connectivity index (χ4n) is 2.46. The molecule has 2 aromatic heterocycles. The summed E-state index contributed by atoms with van der Waals surface area (Å²) in [7, 11) is 0. The maximum absolute atomic E-state index is 11.3. The number of hydrogen-bond acceptors (Lipinski definition) is 5. The molecule has 0 aliphatic heterocycles. The van der Waals surface area contributed by atoms with E-state index in [-0.39, 0.29) is 11.7 Å². The van der Waals surface area contributed by atoms with Gasteiger partial charge in [0.25, 0.3) is 0 Å². The molecular formula is C11H16N6O. The minimum absolute atomic E-state index is 0.276. The second-order valence-electron chi connectivity index (χ2n) is 4.77. The Bertz CT molecular complexity index is 603. The summed E-state index contributed by atoms with van der Waals surface area (Å²) in [4.78, 5) is 15.4. The van der Waals surface area contributed by atoms with Crippen molar-refractivity contribution < 1.29 is 0 Å². The average Bonchev–Trinajstić information content (AvgIpc) is 2.94. The fourth-order valence-corrected chi connectivity index (χ4v) is 2.46. The predicted octanol–water partition coefficient (Wildman–Crippen LogP) is -0.0431. The summed E-state index contributed by atoms with van der Waals surface area (Å²) in [6.07, 6.45) is 4.94. The van der Waals surface area contributed by atoms with Gasteiger partial charge in [-0.25, -0.2) is 19.3 Å². The largest absolute Gasteiger partial charge is 0.370 e. The second-order valence-corrected chi connectivity index (χ2v) is 4.77. The van der Waals surface area contributed by atoms with Gasteiger partial charge in [-0.1, -0.05) is 6.42 Å². The van der Waals surface area contributed by atoms with Gasteiger partial charge in [-0.3, -0.25) is 0 Å². The van der Waals surface area contributed by atoms with E-state index >= 15 is 0 Å². The predicted molar refractivity (Wildman–Crippen MR) is 67.4 cm³/mol. The van der Waals surface area contributed by atoms with Crippen LogP contribution in [0.3, 0.4) is 0 Å². The zero-order valence-electron chi connectivity index (χ0n) is 9.97.